The lowest BCUT2D eigenvalue weighted by Crippen LogP contribution is -2.30. The van der Waals surface area contributed by atoms with Crippen LogP contribution in [-0.2, 0) is 0 Å². The van der Waals surface area contributed by atoms with Gasteiger partial charge in [0.1, 0.15) is 5.82 Å². The summed E-state index contributed by atoms with van der Waals surface area (Å²) in [5.41, 5.74) is 1.66. The summed E-state index contributed by atoms with van der Waals surface area (Å²) in [6.07, 6.45) is 1.73. The van der Waals surface area contributed by atoms with Crippen LogP contribution in [0.1, 0.15) is 34.8 Å². The lowest BCUT2D eigenvalue weighted by Gasteiger charge is -2.25. The van der Waals surface area contributed by atoms with E-state index >= 15 is 0 Å². The third-order valence-corrected chi connectivity index (χ3v) is 4.96. The number of aromatic amines is 2. The van der Waals surface area contributed by atoms with Crippen LogP contribution in [0.25, 0.3) is 10.9 Å². The van der Waals surface area contributed by atoms with Crippen molar-refractivity contribution >= 4 is 29.0 Å². The monoisotopic (exact) mass is 369 g/mol. The number of halogens is 1. The van der Waals surface area contributed by atoms with Gasteiger partial charge in [0.05, 0.1) is 16.9 Å². The number of hydrogen-bond donors (Lipinski definition) is 2. The van der Waals surface area contributed by atoms with Gasteiger partial charge in [-0.25, -0.2) is 4.39 Å². The predicted molar refractivity (Wildman–Crippen MR) is 99.2 cm³/mol. The molecule has 1 aliphatic heterocycles. The molecule has 0 spiro atoms. The van der Waals surface area contributed by atoms with Crippen molar-refractivity contribution in [1.29, 1.82) is 0 Å². The lowest BCUT2D eigenvalue weighted by molar-refractivity contribution is 0.0736. The molecule has 1 amide bonds. The number of nitrogens with one attached hydrogen (secondary N) is 2. The Kier molecular flexibility index (Phi) is 4.16. The van der Waals surface area contributed by atoms with Crippen LogP contribution in [0, 0.1) is 10.6 Å². The first-order valence-corrected chi connectivity index (χ1v) is 8.76. The maximum Gasteiger partial charge on any atom is 0.259 e. The molecule has 7 heteroatoms. The lowest BCUT2D eigenvalue weighted by atomic mass is 10.0. The summed E-state index contributed by atoms with van der Waals surface area (Å²) in [6.45, 7) is 0.643. The average Bonchev–Trinajstić information content (AvgIpc) is 3.10. The van der Waals surface area contributed by atoms with Crippen molar-refractivity contribution in [3.63, 3.8) is 0 Å². The maximum atomic E-state index is 13.2. The van der Waals surface area contributed by atoms with Gasteiger partial charge in [-0.3, -0.25) is 14.6 Å². The smallest absolute Gasteiger partial charge is 0.259 e. The van der Waals surface area contributed by atoms with E-state index in [1.807, 2.05) is 0 Å². The van der Waals surface area contributed by atoms with E-state index in [0.717, 1.165) is 18.4 Å². The van der Waals surface area contributed by atoms with Crippen molar-refractivity contribution in [3.05, 3.63) is 74.5 Å². The van der Waals surface area contributed by atoms with Gasteiger partial charge in [-0.2, -0.15) is 0 Å². The van der Waals surface area contributed by atoms with Gasteiger partial charge in [0.25, 0.3) is 11.5 Å². The molecule has 5 nitrogen and oxygen atoms in total. The number of carbonyl (C=O) groups is 1. The van der Waals surface area contributed by atoms with E-state index in [1.165, 1.54) is 12.1 Å². The van der Waals surface area contributed by atoms with Crippen LogP contribution in [0.4, 0.5) is 4.39 Å². The summed E-state index contributed by atoms with van der Waals surface area (Å²) in [5.74, 6) is -0.405. The molecule has 1 saturated heterocycles. The van der Waals surface area contributed by atoms with Gasteiger partial charge in [0.2, 0.25) is 0 Å². The number of likely N-dealkylation sites (tertiary alicyclic amines) is 1. The van der Waals surface area contributed by atoms with Crippen LogP contribution in [-0.4, -0.2) is 27.3 Å². The number of aromatic nitrogens is 2. The average molecular weight is 369 g/mol. The van der Waals surface area contributed by atoms with E-state index in [0.29, 0.717) is 23.0 Å². The third-order valence-electron chi connectivity index (χ3n) is 4.75. The summed E-state index contributed by atoms with van der Waals surface area (Å²) in [6, 6.07) is 11.1. The zero-order valence-electron chi connectivity index (χ0n) is 13.8. The van der Waals surface area contributed by atoms with Gasteiger partial charge in [-0.1, -0.05) is 12.1 Å². The van der Waals surface area contributed by atoms with E-state index in [2.05, 4.69) is 9.97 Å². The zero-order valence-corrected chi connectivity index (χ0v) is 14.6. The Bertz CT molecular complexity index is 1100. The highest BCUT2D eigenvalue weighted by atomic mass is 32.1. The fourth-order valence-corrected chi connectivity index (χ4v) is 3.71. The second kappa shape index (κ2) is 6.49. The molecule has 2 aromatic carbocycles. The molecule has 4 rings (SSSR count). The molecule has 0 bridgehead atoms. The summed E-state index contributed by atoms with van der Waals surface area (Å²) >= 11 is 5.00. The van der Waals surface area contributed by atoms with Crippen LogP contribution in [0.5, 0.6) is 0 Å². The number of hydrogen-bond acceptors (Lipinski definition) is 3. The van der Waals surface area contributed by atoms with E-state index in [9.17, 15) is 14.0 Å². The van der Waals surface area contributed by atoms with E-state index in [4.69, 9.17) is 12.2 Å². The first-order valence-electron chi connectivity index (χ1n) is 8.36. The molecule has 1 aliphatic rings. The minimum absolute atomic E-state index is 0.0727. The van der Waals surface area contributed by atoms with Crippen LogP contribution in [0.2, 0.25) is 0 Å². The number of benzene rings is 2. The molecule has 3 aromatic rings. The quantitative estimate of drug-likeness (QED) is 0.677. The Labute approximate surface area is 153 Å². The standard InChI is InChI=1S/C19H16FN3O2S/c20-13-6-3-11(4-7-13)16-2-1-9-23(16)18(25)12-5-8-14-15(10-12)21-19(26)22-17(14)24/h3-8,10,16H,1-2,9H2,(H2,21,22,24,26). The molecule has 1 unspecified atom stereocenters. The topological polar surface area (TPSA) is 69.0 Å². The molecule has 0 radical (unpaired) electrons. The molecular weight excluding hydrogens is 353 g/mol. The molecule has 1 fully saturated rings. The number of H-pyrrole nitrogens is 2. The minimum atomic E-state index is -0.292. The Morgan fingerprint density at radius 2 is 1.92 bits per heavy atom. The Balaban J connectivity index is 1.70. The second-order valence-electron chi connectivity index (χ2n) is 6.38. The SMILES string of the molecule is O=C(c1ccc2c(=O)[nH]c(=S)[nH]c2c1)N1CCCC1c1ccc(F)cc1. The zero-order chi connectivity index (χ0) is 18.3. The predicted octanol–water partition coefficient (Wildman–Crippen LogP) is 3.70. The van der Waals surface area contributed by atoms with Gasteiger partial charge in [-0.15, -0.1) is 0 Å². The van der Waals surface area contributed by atoms with Crippen molar-refractivity contribution in [3.8, 4) is 0 Å². The third kappa shape index (κ3) is 2.94. The van der Waals surface area contributed by atoms with Crippen molar-refractivity contribution < 1.29 is 9.18 Å². The Morgan fingerprint density at radius 1 is 1.15 bits per heavy atom. The van der Waals surface area contributed by atoms with Crippen molar-refractivity contribution in [1.82, 2.24) is 14.9 Å². The van der Waals surface area contributed by atoms with Crippen molar-refractivity contribution in [2.75, 3.05) is 6.54 Å². The van der Waals surface area contributed by atoms with Gasteiger partial charge in [-0.05, 0) is 61.0 Å². The fourth-order valence-electron chi connectivity index (χ4n) is 3.51. The molecule has 2 heterocycles. The summed E-state index contributed by atoms with van der Waals surface area (Å²) in [5, 5.41) is 0.451. The maximum absolute atomic E-state index is 13.2. The largest absolute Gasteiger partial charge is 0.332 e. The molecule has 1 atom stereocenters. The van der Waals surface area contributed by atoms with Crippen molar-refractivity contribution in [2.24, 2.45) is 0 Å². The number of carbonyl (C=O) groups excluding carboxylic acids is 1. The molecule has 1 aromatic heterocycles. The number of rotatable bonds is 2. The Hall–Kier alpha value is -2.80. The van der Waals surface area contributed by atoms with Gasteiger partial charge < -0.3 is 9.88 Å². The first-order chi connectivity index (χ1) is 12.5. The Morgan fingerprint density at radius 3 is 2.69 bits per heavy atom. The highest BCUT2D eigenvalue weighted by Gasteiger charge is 2.30. The summed E-state index contributed by atoms with van der Waals surface area (Å²) in [7, 11) is 0. The van der Waals surface area contributed by atoms with E-state index in [1.54, 1.807) is 35.2 Å². The molecule has 0 aliphatic carbocycles. The molecule has 0 saturated carbocycles. The van der Waals surface area contributed by atoms with Gasteiger partial charge in [0.15, 0.2) is 4.77 Å². The fraction of sp³-hybridized carbons (Fsp3) is 0.211. The molecular formula is C19H16FN3O2S. The second-order valence-corrected chi connectivity index (χ2v) is 6.78. The van der Waals surface area contributed by atoms with Gasteiger partial charge in [0, 0.05) is 12.1 Å². The number of amides is 1. The van der Waals surface area contributed by atoms with Crippen LogP contribution in [0.3, 0.4) is 0 Å². The van der Waals surface area contributed by atoms with Crippen LogP contribution < -0.4 is 5.56 Å². The molecule has 2 N–H and O–H groups in total. The normalized spacial score (nSPS) is 17.0. The molecule has 26 heavy (non-hydrogen) atoms. The highest BCUT2D eigenvalue weighted by Crippen LogP contribution is 2.33. The molecule has 132 valence electrons. The highest BCUT2D eigenvalue weighted by molar-refractivity contribution is 7.71. The van der Waals surface area contributed by atoms with Crippen molar-refractivity contribution in [2.45, 2.75) is 18.9 Å². The van der Waals surface area contributed by atoms with Gasteiger partial charge >= 0.3 is 0 Å². The van der Waals surface area contributed by atoms with Crippen LogP contribution in [0.15, 0.2) is 47.3 Å². The number of nitrogens with zero attached hydrogens (tertiary/aromatic N) is 1. The summed E-state index contributed by atoms with van der Waals surface area (Å²) < 4.78 is 13.4. The summed E-state index contributed by atoms with van der Waals surface area (Å²) in [4.78, 5) is 32.2. The minimum Gasteiger partial charge on any atom is -0.332 e. The van der Waals surface area contributed by atoms with E-state index in [-0.39, 0.29) is 28.1 Å². The van der Waals surface area contributed by atoms with E-state index < -0.39 is 0 Å². The first kappa shape index (κ1) is 16.7. The van der Waals surface area contributed by atoms with Crippen LogP contribution >= 0.6 is 12.2 Å². The number of fused-ring (bicyclic) bond motifs is 1.